The van der Waals surface area contributed by atoms with E-state index in [2.05, 4.69) is 41.3 Å². The molecule has 0 aliphatic heterocycles. The molecule has 1 heterocycles. The van der Waals surface area contributed by atoms with E-state index in [1.54, 1.807) is 0 Å². The Hall–Kier alpha value is -1.72. The summed E-state index contributed by atoms with van der Waals surface area (Å²) in [6.07, 6.45) is 0.667. The molecule has 0 amide bonds. The maximum Gasteiger partial charge on any atom is 0.252 e. The molecule has 2 N–H and O–H groups in total. The van der Waals surface area contributed by atoms with Crippen LogP contribution in [0.1, 0.15) is 22.8 Å². The van der Waals surface area contributed by atoms with Crippen LogP contribution in [0.5, 0.6) is 0 Å². The molecule has 1 aromatic heterocycles. The highest BCUT2D eigenvalue weighted by Crippen LogP contribution is 2.08. The van der Waals surface area contributed by atoms with E-state index in [0.717, 1.165) is 5.56 Å². The lowest BCUT2D eigenvalue weighted by atomic mass is 10.1. The van der Waals surface area contributed by atoms with E-state index in [-0.39, 0.29) is 0 Å². The van der Waals surface area contributed by atoms with Crippen molar-refractivity contribution in [1.82, 2.24) is 10.1 Å². The van der Waals surface area contributed by atoms with Gasteiger partial charge < -0.3 is 15.0 Å². The second kappa shape index (κ2) is 6.28. The fourth-order valence-electron chi connectivity index (χ4n) is 1.55. The van der Waals surface area contributed by atoms with Gasteiger partial charge in [0.05, 0.1) is 6.61 Å². The van der Waals surface area contributed by atoms with Crippen molar-refractivity contribution in [3.8, 4) is 0 Å². The maximum atomic E-state index is 5.32. The van der Waals surface area contributed by atoms with Gasteiger partial charge in [0.2, 0.25) is 0 Å². The SMILES string of the molecule is Cc1ccc(Cc2noc(COCCN)n2)cc1. The van der Waals surface area contributed by atoms with Crippen molar-refractivity contribution in [2.24, 2.45) is 5.73 Å². The summed E-state index contributed by atoms with van der Waals surface area (Å²) in [5, 5.41) is 3.92. The Balaban J connectivity index is 1.91. The highest BCUT2D eigenvalue weighted by atomic mass is 16.5. The largest absolute Gasteiger partial charge is 0.370 e. The number of hydrogen-bond donors (Lipinski definition) is 1. The number of nitrogens with two attached hydrogens (primary N) is 1. The fourth-order valence-corrected chi connectivity index (χ4v) is 1.55. The van der Waals surface area contributed by atoms with Crippen molar-refractivity contribution in [1.29, 1.82) is 0 Å². The van der Waals surface area contributed by atoms with Crippen LogP contribution >= 0.6 is 0 Å². The highest BCUT2D eigenvalue weighted by molar-refractivity contribution is 5.23. The molecule has 2 rings (SSSR count). The number of hydrogen-bond acceptors (Lipinski definition) is 5. The van der Waals surface area contributed by atoms with Crippen LogP contribution in [-0.2, 0) is 17.8 Å². The third kappa shape index (κ3) is 3.65. The van der Waals surface area contributed by atoms with Crippen LogP contribution in [0, 0.1) is 6.92 Å². The first-order chi connectivity index (χ1) is 8.78. The molecule has 5 heteroatoms. The lowest BCUT2D eigenvalue weighted by Gasteiger charge is -1.97. The molecule has 0 aliphatic rings. The summed E-state index contributed by atoms with van der Waals surface area (Å²) in [6.45, 7) is 3.36. The minimum Gasteiger partial charge on any atom is -0.370 e. The van der Waals surface area contributed by atoms with E-state index in [0.29, 0.717) is 37.9 Å². The monoisotopic (exact) mass is 247 g/mol. The lowest BCUT2D eigenvalue weighted by Crippen LogP contribution is -2.08. The topological polar surface area (TPSA) is 74.2 Å². The Morgan fingerprint density at radius 2 is 2.06 bits per heavy atom. The smallest absolute Gasteiger partial charge is 0.252 e. The molecule has 5 nitrogen and oxygen atoms in total. The van der Waals surface area contributed by atoms with E-state index >= 15 is 0 Å². The van der Waals surface area contributed by atoms with E-state index in [9.17, 15) is 0 Å². The summed E-state index contributed by atoms with van der Waals surface area (Å²) in [5.41, 5.74) is 7.72. The summed E-state index contributed by atoms with van der Waals surface area (Å²) in [7, 11) is 0. The lowest BCUT2D eigenvalue weighted by molar-refractivity contribution is 0.104. The standard InChI is InChI=1S/C13H17N3O2/c1-10-2-4-11(5-3-10)8-12-15-13(18-16-12)9-17-7-6-14/h2-5H,6-9,14H2,1H3. The van der Waals surface area contributed by atoms with Crippen LogP contribution in [0.15, 0.2) is 28.8 Å². The van der Waals surface area contributed by atoms with Gasteiger partial charge in [0, 0.05) is 13.0 Å². The second-order valence-corrected chi connectivity index (χ2v) is 4.11. The van der Waals surface area contributed by atoms with Gasteiger partial charge in [-0.3, -0.25) is 0 Å². The third-order valence-electron chi connectivity index (χ3n) is 2.48. The Bertz CT molecular complexity index is 479. The molecule has 0 bridgehead atoms. The van der Waals surface area contributed by atoms with Crippen LogP contribution in [0.25, 0.3) is 0 Å². The van der Waals surface area contributed by atoms with Crippen molar-refractivity contribution in [3.05, 3.63) is 47.1 Å². The molecule has 0 atom stereocenters. The number of ether oxygens (including phenoxy) is 1. The van der Waals surface area contributed by atoms with Crippen molar-refractivity contribution >= 4 is 0 Å². The normalized spacial score (nSPS) is 10.8. The number of rotatable bonds is 6. The van der Waals surface area contributed by atoms with E-state index < -0.39 is 0 Å². The highest BCUT2D eigenvalue weighted by Gasteiger charge is 2.06. The minimum atomic E-state index is 0.318. The average Bonchev–Trinajstić information content (AvgIpc) is 2.80. The molecule has 0 radical (unpaired) electrons. The van der Waals surface area contributed by atoms with Crippen LogP contribution < -0.4 is 5.73 Å². The average molecular weight is 247 g/mol. The summed E-state index contributed by atoms with van der Waals surface area (Å²) < 4.78 is 10.3. The van der Waals surface area contributed by atoms with E-state index in [1.807, 2.05) is 0 Å². The van der Waals surface area contributed by atoms with Gasteiger partial charge in [-0.05, 0) is 12.5 Å². The quantitative estimate of drug-likeness (QED) is 0.782. The molecule has 0 saturated carbocycles. The van der Waals surface area contributed by atoms with E-state index in [4.69, 9.17) is 15.0 Å². The van der Waals surface area contributed by atoms with Gasteiger partial charge in [-0.15, -0.1) is 0 Å². The second-order valence-electron chi connectivity index (χ2n) is 4.11. The number of aryl methyl sites for hydroxylation is 1. The zero-order chi connectivity index (χ0) is 12.8. The number of aromatic nitrogens is 2. The number of nitrogens with zero attached hydrogens (tertiary/aromatic N) is 2. The predicted octanol–water partition coefficient (Wildman–Crippen LogP) is 1.44. The first-order valence-corrected chi connectivity index (χ1v) is 5.93. The zero-order valence-electron chi connectivity index (χ0n) is 10.4. The van der Waals surface area contributed by atoms with Crippen molar-refractivity contribution in [2.45, 2.75) is 20.0 Å². The Morgan fingerprint density at radius 3 is 2.78 bits per heavy atom. The van der Waals surface area contributed by atoms with Crippen molar-refractivity contribution in [2.75, 3.05) is 13.2 Å². The third-order valence-corrected chi connectivity index (χ3v) is 2.48. The molecule has 0 spiro atoms. The van der Waals surface area contributed by atoms with Gasteiger partial charge in [-0.2, -0.15) is 4.98 Å². The van der Waals surface area contributed by atoms with Crippen LogP contribution in [0.4, 0.5) is 0 Å². The summed E-state index contributed by atoms with van der Waals surface area (Å²) in [4.78, 5) is 4.26. The molecular weight excluding hydrogens is 230 g/mol. The van der Waals surface area contributed by atoms with Crippen molar-refractivity contribution < 1.29 is 9.26 Å². The molecule has 0 unspecified atom stereocenters. The summed E-state index contributed by atoms with van der Waals surface area (Å²) >= 11 is 0. The minimum absolute atomic E-state index is 0.318. The van der Waals surface area contributed by atoms with Crippen LogP contribution in [0.3, 0.4) is 0 Å². The summed E-state index contributed by atoms with van der Waals surface area (Å²) in [5.74, 6) is 1.16. The molecule has 18 heavy (non-hydrogen) atoms. The van der Waals surface area contributed by atoms with Gasteiger partial charge in [-0.1, -0.05) is 35.0 Å². The molecule has 0 fully saturated rings. The van der Waals surface area contributed by atoms with Gasteiger partial charge in [0.25, 0.3) is 5.89 Å². The van der Waals surface area contributed by atoms with Gasteiger partial charge in [0.1, 0.15) is 6.61 Å². The Labute approximate surface area is 106 Å². The van der Waals surface area contributed by atoms with Crippen LogP contribution in [-0.4, -0.2) is 23.3 Å². The van der Waals surface area contributed by atoms with Gasteiger partial charge >= 0.3 is 0 Å². The maximum absolute atomic E-state index is 5.32. The molecule has 1 aromatic carbocycles. The summed E-state index contributed by atoms with van der Waals surface area (Å²) in [6, 6.07) is 8.27. The fraction of sp³-hybridized carbons (Fsp3) is 0.385. The first kappa shape index (κ1) is 12.7. The Morgan fingerprint density at radius 1 is 1.28 bits per heavy atom. The molecule has 0 saturated heterocycles. The number of benzene rings is 1. The van der Waals surface area contributed by atoms with Gasteiger partial charge in [0.15, 0.2) is 5.82 Å². The zero-order valence-corrected chi connectivity index (χ0v) is 10.4. The first-order valence-electron chi connectivity index (χ1n) is 5.93. The molecule has 0 aliphatic carbocycles. The molecule has 2 aromatic rings. The van der Waals surface area contributed by atoms with E-state index in [1.165, 1.54) is 5.56 Å². The van der Waals surface area contributed by atoms with Gasteiger partial charge in [-0.25, -0.2) is 0 Å². The predicted molar refractivity (Wildman–Crippen MR) is 67.0 cm³/mol. The molecule has 96 valence electrons. The van der Waals surface area contributed by atoms with Crippen LogP contribution in [0.2, 0.25) is 0 Å². The molecular formula is C13H17N3O2. The van der Waals surface area contributed by atoms with Crippen molar-refractivity contribution in [3.63, 3.8) is 0 Å². The Kier molecular flexibility index (Phi) is 4.44.